The number of nitrogens with two attached hydrogens (primary N) is 1. The van der Waals surface area contributed by atoms with E-state index in [1.165, 1.54) is 0 Å². The number of fused-ring (bicyclic) bond motifs is 1. The van der Waals surface area contributed by atoms with Crippen molar-refractivity contribution in [2.45, 2.75) is 44.0 Å². The first-order valence-corrected chi connectivity index (χ1v) is 9.51. The number of hydrogen-bond donors (Lipinski definition) is 3. The van der Waals surface area contributed by atoms with E-state index in [0.29, 0.717) is 29.2 Å². The van der Waals surface area contributed by atoms with Gasteiger partial charge in [0.15, 0.2) is 5.82 Å². The summed E-state index contributed by atoms with van der Waals surface area (Å²) < 4.78 is 7.30. The summed E-state index contributed by atoms with van der Waals surface area (Å²) in [4.78, 5) is 19.0. The number of amides is 1. The summed E-state index contributed by atoms with van der Waals surface area (Å²) in [7, 11) is 3.39. The molecule has 0 radical (unpaired) electrons. The molecule has 2 fully saturated rings. The summed E-state index contributed by atoms with van der Waals surface area (Å²) in [6.45, 7) is 1.45. The van der Waals surface area contributed by atoms with Crippen LogP contribution in [-0.4, -0.2) is 57.7 Å². The van der Waals surface area contributed by atoms with Crippen LogP contribution in [0.4, 0.5) is 0 Å². The Labute approximate surface area is 158 Å². The second kappa shape index (κ2) is 7.10. The first-order valence-electron chi connectivity index (χ1n) is 9.51. The van der Waals surface area contributed by atoms with Crippen molar-refractivity contribution in [1.29, 1.82) is 0 Å². The van der Waals surface area contributed by atoms with Crippen LogP contribution >= 0.6 is 0 Å². The minimum Gasteiger partial charge on any atom is -0.494 e. The number of nitrogens with zero attached hydrogens (tertiary/aromatic N) is 3. The van der Waals surface area contributed by atoms with E-state index in [4.69, 9.17) is 10.5 Å². The predicted molar refractivity (Wildman–Crippen MR) is 101 cm³/mol. The number of ether oxygens (including phenoxy) is 1. The Hall–Kier alpha value is -2.16. The molecule has 1 unspecified atom stereocenters. The number of aliphatic hydroxyl groups excluding tert-OH is 1. The monoisotopic (exact) mass is 373 g/mol. The van der Waals surface area contributed by atoms with Crippen LogP contribution in [0.2, 0.25) is 0 Å². The largest absolute Gasteiger partial charge is 0.494 e. The molecular weight excluding hydrogens is 346 g/mol. The van der Waals surface area contributed by atoms with E-state index in [1.54, 1.807) is 18.7 Å². The Bertz CT molecular complexity index is 861. The van der Waals surface area contributed by atoms with Crippen LogP contribution in [0.1, 0.15) is 48.1 Å². The molecule has 0 bridgehead atoms. The number of carbonyl (C=O) groups is 1. The average Bonchev–Trinajstić information content (AvgIpc) is 3.41. The number of carbonyl (C=O) groups excluding carboxylic acids is 1. The van der Waals surface area contributed by atoms with Crippen molar-refractivity contribution in [3.05, 3.63) is 23.5 Å². The third-order valence-corrected chi connectivity index (χ3v) is 5.43. The van der Waals surface area contributed by atoms with Gasteiger partial charge in [-0.05, 0) is 37.8 Å². The third-order valence-electron chi connectivity index (χ3n) is 5.43. The fourth-order valence-corrected chi connectivity index (χ4v) is 3.79. The van der Waals surface area contributed by atoms with Crippen molar-refractivity contribution in [3.63, 3.8) is 0 Å². The van der Waals surface area contributed by atoms with Crippen LogP contribution in [0, 0.1) is 0 Å². The van der Waals surface area contributed by atoms with E-state index >= 15 is 0 Å². The quantitative estimate of drug-likeness (QED) is 0.719. The minimum absolute atomic E-state index is 0.0756. The molecule has 1 aliphatic heterocycles. The fraction of sp³-hybridized carbons (Fsp3) is 0.579. The third kappa shape index (κ3) is 3.52. The number of rotatable bonds is 5. The first kappa shape index (κ1) is 18.2. The lowest BCUT2D eigenvalue weighted by Crippen LogP contribution is -2.44. The Morgan fingerprint density at radius 1 is 1.41 bits per heavy atom. The average molecular weight is 373 g/mol. The van der Waals surface area contributed by atoms with E-state index in [-0.39, 0.29) is 18.0 Å². The first-order chi connectivity index (χ1) is 13.0. The van der Waals surface area contributed by atoms with Gasteiger partial charge in [0, 0.05) is 37.8 Å². The van der Waals surface area contributed by atoms with E-state index < -0.39 is 6.23 Å². The van der Waals surface area contributed by atoms with Crippen molar-refractivity contribution in [3.8, 4) is 5.75 Å². The van der Waals surface area contributed by atoms with Crippen molar-refractivity contribution >= 4 is 16.9 Å². The molecule has 4 N–H and O–H groups in total. The van der Waals surface area contributed by atoms with Crippen LogP contribution in [0.25, 0.3) is 11.0 Å². The van der Waals surface area contributed by atoms with Crippen LogP contribution in [0.15, 0.2) is 12.1 Å². The topological polar surface area (TPSA) is 106 Å². The number of piperidine rings is 1. The summed E-state index contributed by atoms with van der Waals surface area (Å²) in [6.07, 6.45) is 3.21. The molecule has 2 heterocycles. The number of imidazole rings is 1. The maximum Gasteiger partial charge on any atom is 0.287 e. The van der Waals surface area contributed by atoms with E-state index in [2.05, 4.69) is 10.3 Å². The Morgan fingerprint density at radius 2 is 2.19 bits per heavy atom. The SMILES string of the molecule is COc1cc(C(O)N2CCC[C@@H](N)C2)cc2nc(C(=O)NC3CC3)n(C)c12. The zero-order valence-electron chi connectivity index (χ0n) is 15.8. The molecular formula is C19H27N5O3. The number of aromatic nitrogens is 2. The molecule has 1 aromatic carbocycles. The number of nitrogens with one attached hydrogen (secondary N) is 1. The molecule has 1 amide bonds. The predicted octanol–water partition coefficient (Wildman–Crippen LogP) is 0.888. The van der Waals surface area contributed by atoms with Gasteiger partial charge in [-0.15, -0.1) is 0 Å². The summed E-state index contributed by atoms with van der Waals surface area (Å²) in [5, 5.41) is 13.8. The lowest BCUT2D eigenvalue weighted by Gasteiger charge is -2.34. The molecule has 8 nitrogen and oxygen atoms in total. The number of aliphatic hydroxyl groups is 1. The van der Waals surface area contributed by atoms with Crippen LogP contribution in [-0.2, 0) is 7.05 Å². The smallest absolute Gasteiger partial charge is 0.287 e. The van der Waals surface area contributed by atoms with Crippen molar-refractivity contribution in [2.24, 2.45) is 12.8 Å². The van der Waals surface area contributed by atoms with Gasteiger partial charge in [-0.3, -0.25) is 9.69 Å². The highest BCUT2D eigenvalue weighted by molar-refractivity contribution is 5.96. The highest BCUT2D eigenvalue weighted by atomic mass is 16.5. The molecule has 2 aliphatic rings. The molecule has 8 heteroatoms. The molecule has 1 saturated heterocycles. The Balaban J connectivity index is 1.69. The second-order valence-electron chi connectivity index (χ2n) is 7.60. The maximum atomic E-state index is 12.5. The van der Waals surface area contributed by atoms with Crippen molar-refractivity contribution in [2.75, 3.05) is 20.2 Å². The minimum atomic E-state index is -0.777. The summed E-state index contributed by atoms with van der Waals surface area (Å²) in [6, 6.07) is 3.99. The van der Waals surface area contributed by atoms with Crippen LogP contribution < -0.4 is 15.8 Å². The highest BCUT2D eigenvalue weighted by Crippen LogP contribution is 2.32. The summed E-state index contributed by atoms with van der Waals surface area (Å²) >= 11 is 0. The van der Waals surface area contributed by atoms with Crippen molar-refractivity contribution in [1.82, 2.24) is 19.8 Å². The molecule has 2 atom stereocenters. The van der Waals surface area contributed by atoms with E-state index in [0.717, 1.165) is 37.7 Å². The maximum absolute atomic E-state index is 12.5. The highest BCUT2D eigenvalue weighted by Gasteiger charge is 2.28. The standard InChI is InChI=1S/C19H27N5O3/c1-23-16-14(22-17(23)18(25)21-13-5-6-13)8-11(9-15(16)27-2)19(26)24-7-3-4-12(20)10-24/h8-9,12-13,19,26H,3-7,10,20H2,1-2H3,(H,21,25)/t12-,19?/m1/s1. The lowest BCUT2D eigenvalue weighted by atomic mass is 10.0. The van der Waals surface area contributed by atoms with Crippen LogP contribution in [0.3, 0.4) is 0 Å². The van der Waals surface area contributed by atoms with E-state index in [9.17, 15) is 9.90 Å². The zero-order valence-corrected chi connectivity index (χ0v) is 15.8. The normalized spacial score (nSPS) is 22.0. The molecule has 4 rings (SSSR count). The van der Waals surface area contributed by atoms with Crippen LogP contribution in [0.5, 0.6) is 5.75 Å². The summed E-state index contributed by atoms with van der Waals surface area (Å²) in [5.74, 6) is 0.757. The Kier molecular flexibility index (Phi) is 4.79. The van der Waals surface area contributed by atoms with Gasteiger partial charge >= 0.3 is 0 Å². The number of likely N-dealkylation sites (tertiary alicyclic amines) is 1. The van der Waals surface area contributed by atoms with Gasteiger partial charge in [-0.1, -0.05) is 0 Å². The van der Waals surface area contributed by atoms with Crippen molar-refractivity contribution < 1.29 is 14.6 Å². The van der Waals surface area contributed by atoms with Gasteiger partial charge in [-0.25, -0.2) is 4.98 Å². The molecule has 1 aliphatic carbocycles. The summed E-state index contributed by atoms with van der Waals surface area (Å²) in [5.41, 5.74) is 8.12. The number of methoxy groups -OCH3 is 1. The van der Waals surface area contributed by atoms with Gasteiger partial charge in [0.25, 0.3) is 5.91 Å². The van der Waals surface area contributed by atoms with Gasteiger partial charge in [0.1, 0.15) is 17.5 Å². The number of aryl methyl sites for hydroxylation is 1. The molecule has 0 spiro atoms. The zero-order chi connectivity index (χ0) is 19.1. The van der Waals surface area contributed by atoms with Gasteiger partial charge < -0.3 is 25.5 Å². The molecule has 146 valence electrons. The fourth-order valence-electron chi connectivity index (χ4n) is 3.79. The molecule has 1 saturated carbocycles. The molecule has 2 aromatic rings. The number of hydrogen-bond acceptors (Lipinski definition) is 6. The second-order valence-corrected chi connectivity index (χ2v) is 7.60. The van der Waals surface area contributed by atoms with Gasteiger partial charge in [0.05, 0.1) is 12.6 Å². The molecule has 27 heavy (non-hydrogen) atoms. The molecule has 1 aromatic heterocycles. The van der Waals surface area contributed by atoms with E-state index in [1.807, 2.05) is 17.0 Å². The van der Waals surface area contributed by atoms with Gasteiger partial charge in [-0.2, -0.15) is 0 Å². The number of benzene rings is 1. The Morgan fingerprint density at radius 3 is 2.85 bits per heavy atom. The van der Waals surface area contributed by atoms with Gasteiger partial charge in [0.2, 0.25) is 0 Å². The lowest BCUT2D eigenvalue weighted by molar-refractivity contribution is -0.0143.